The average molecular weight is 127 g/mol. The van der Waals surface area contributed by atoms with Crippen molar-refractivity contribution in [2.24, 2.45) is 0 Å². The van der Waals surface area contributed by atoms with Gasteiger partial charge in [-0.15, -0.1) is 0 Å². The van der Waals surface area contributed by atoms with E-state index in [4.69, 9.17) is 5.11 Å². The summed E-state index contributed by atoms with van der Waals surface area (Å²) in [7, 11) is 0. The predicted molar refractivity (Wildman–Crippen MR) is 39.0 cm³/mol. The standard InChI is InChI=1S/C5H7N.C2H6O/c1-2-4-6-5-3-1;1-2-3/h1-4,6H,5H2;3H,2H2,1H3. The molecule has 0 aromatic rings. The molecule has 0 fully saturated rings. The molecule has 0 bridgehead atoms. The highest BCUT2D eigenvalue weighted by molar-refractivity contribution is 5.06. The number of nitrogens with one attached hydrogen (secondary N) is 1. The molecule has 0 atom stereocenters. The molecule has 0 aromatic carbocycles. The van der Waals surface area contributed by atoms with Gasteiger partial charge in [0.2, 0.25) is 0 Å². The second-order valence-electron chi connectivity index (χ2n) is 1.51. The van der Waals surface area contributed by atoms with Gasteiger partial charge in [-0.2, -0.15) is 0 Å². The molecule has 1 aliphatic rings. The van der Waals surface area contributed by atoms with Crippen LogP contribution in [0.15, 0.2) is 24.4 Å². The highest BCUT2D eigenvalue weighted by Gasteiger charge is 1.73. The molecule has 1 heterocycles. The van der Waals surface area contributed by atoms with E-state index < -0.39 is 0 Å². The molecule has 2 N–H and O–H groups in total. The number of hydrogen-bond donors (Lipinski definition) is 2. The Bertz CT molecular complexity index is 85.1. The fraction of sp³-hybridized carbons (Fsp3) is 0.429. The van der Waals surface area contributed by atoms with Gasteiger partial charge < -0.3 is 10.4 Å². The first-order chi connectivity index (χ1) is 4.41. The Morgan fingerprint density at radius 2 is 2.22 bits per heavy atom. The number of rotatable bonds is 0. The summed E-state index contributed by atoms with van der Waals surface area (Å²) >= 11 is 0. The van der Waals surface area contributed by atoms with Crippen LogP contribution in [0.3, 0.4) is 0 Å². The van der Waals surface area contributed by atoms with E-state index in [9.17, 15) is 0 Å². The number of dihydropyridines is 1. The predicted octanol–water partition coefficient (Wildman–Crippen LogP) is 0.658. The molecule has 0 aliphatic carbocycles. The Labute approximate surface area is 55.9 Å². The minimum absolute atomic E-state index is 0.250. The molecule has 0 saturated carbocycles. The molecule has 2 heteroatoms. The normalized spacial score (nSPS) is 13.6. The van der Waals surface area contributed by atoms with Crippen molar-refractivity contribution in [1.29, 1.82) is 0 Å². The largest absolute Gasteiger partial charge is 0.397 e. The van der Waals surface area contributed by atoms with Crippen LogP contribution in [-0.4, -0.2) is 18.3 Å². The average Bonchev–Trinajstić information content (AvgIpc) is 1.93. The lowest BCUT2D eigenvalue weighted by atomic mass is 10.4. The highest BCUT2D eigenvalue weighted by atomic mass is 16.2. The topological polar surface area (TPSA) is 32.3 Å². The molecular weight excluding hydrogens is 114 g/mol. The third-order valence-electron chi connectivity index (χ3n) is 0.697. The van der Waals surface area contributed by atoms with E-state index in [1.54, 1.807) is 6.92 Å². The fourth-order valence-electron chi connectivity index (χ4n) is 0.406. The van der Waals surface area contributed by atoms with Gasteiger partial charge in [0.15, 0.2) is 0 Å². The summed E-state index contributed by atoms with van der Waals surface area (Å²) in [5, 5.41) is 10.6. The first kappa shape index (κ1) is 8.24. The number of hydrogen-bond acceptors (Lipinski definition) is 2. The zero-order valence-corrected chi connectivity index (χ0v) is 5.67. The Hall–Kier alpha value is -0.760. The van der Waals surface area contributed by atoms with E-state index in [1.807, 2.05) is 18.4 Å². The number of allylic oxidation sites excluding steroid dienone is 2. The van der Waals surface area contributed by atoms with Gasteiger partial charge in [-0.05, 0) is 19.2 Å². The molecule has 52 valence electrons. The molecule has 1 rings (SSSR count). The third-order valence-corrected chi connectivity index (χ3v) is 0.697. The van der Waals surface area contributed by atoms with Crippen molar-refractivity contribution in [3.05, 3.63) is 24.4 Å². The summed E-state index contributed by atoms with van der Waals surface area (Å²) < 4.78 is 0. The van der Waals surface area contributed by atoms with Gasteiger partial charge in [0.05, 0.1) is 0 Å². The number of aliphatic hydroxyl groups is 1. The van der Waals surface area contributed by atoms with Crippen LogP contribution < -0.4 is 5.32 Å². The van der Waals surface area contributed by atoms with Crippen LogP contribution in [0.25, 0.3) is 0 Å². The van der Waals surface area contributed by atoms with E-state index in [-0.39, 0.29) is 6.61 Å². The molecule has 9 heavy (non-hydrogen) atoms. The molecule has 0 spiro atoms. The summed E-state index contributed by atoms with van der Waals surface area (Å²) in [6.45, 7) is 2.91. The molecule has 1 aliphatic heterocycles. The van der Waals surface area contributed by atoms with Crippen molar-refractivity contribution in [2.45, 2.75) is 6.92 Å². The van der Waals surface area contributed by atoms with Crippen LogP contribution in [-0.2, 0) is 0 Å². The maximum atomic E-state index is 7.57. The second-order valence-corrected chi connectivity index (χ2v) is 1.51. The SMILES string of the molecule is C1=CCNC=C1.CCO. The minimum Gasteiger partial charge on any atom is -0.397 e. The lowest BCUT2D eigenvalue weighted by Gasteiger charge is -1.94. The molecule has 0 unspecified atom stereocenters. The highest BCUT2D eigenvalue weighted by Crippen LogP contribution is 1.78. The smallest absolute Gasteiger partial charge is 0.0402 e. The maximum Gasteiger partial charge on any atom is 0.0402 e. The van der Waals surface area contributed by atoms with Gasteiger partial charge in [-0.25, -0.2) is 0 Å². The van der Waals surface area contributed by atoms with E-state index in [2.05, 4.69) is 11.4 Å². The van der Waals surface area contributed by atoms with Crippen molar-refractivity contribution in [2.75, 3.05) is 13.2 Å². The Kier molecular flexibility index (Phi) is 6.63. The van der Waals surface area contributed by atoms with Gasteiger partial charge in [0.25, 0.3) is 0 Å². The molecule has 0 amide bonds. The van der Waals surface area contributed by atoms with Crippen LogP contribution in [0.2, 0.25) is 0 Å². The molecule has 2 nitrogen and oxygen atoms in total. The third kappa shape index (κ3) is 7.24. The fourth-order valence-corrected chi connectivity index (χ4v) is 0.406. The van der Waals surface area contributed by atoms with Crippen molar-refractivity contribution in [3.63, 3.8) is 0 Å². The Balaban J connectivity index is 0.000000187. The minimum atomic E-state index is 0.250. The summed E-state index contributed by atoms with van der Waals surface area (Å²) in [5.74, 6) is 0. The van der Waals surface area contributed by atoms with Gasteiger partial charge in [0, 0.05) is 13.2 Å². The zero-order valence-electron chi connectivity index (χ0n) is 5.67. The van der Waals surface area contributed by atoms with Gasteiger partial charge >= 0.3 is 0 Å². The molecule has 0 aromatic heterocycles. The molecule has 0 saturated heterocycles. The quantitative estimate of drug-likeness (QED) is 0.501. The lowest BCUT2D eigenvalue weighted by Crippen LogP contribution is -2.05. The van der Waals surface area contributed by atoms with Crippen LogP contribution >= 0.6 is 0 Å². The zero-order chi connectivity index (χ0) is 6.95. The van der Waals surface area contributed by atoms with Crippen molar-refractivity contribution in [1.82, 2.24) is 5.32 Å². The second kappa shape index (κ2) is 7.24. The van der Waals surface area contributed by atoms with Gasteiger partial charge in [-0.1, -0.05) is 12.2 Å². The van der Waals surface area contributed by atoms with E-state index in [1.165, 1.54) is 0 Å². The van der Waals surface area contributed by atoms with Crippen LogP contribution in [0.4, 0.5) is 0 Å². The van der Waals surface area contributed by atoms with Crippen LogP contribution in [0.1, 0.15) is 6.92 Å². The van der Waals surface area contributed by atoms with Gasteiger partial charge in [-0.3, -0.25) is 0 Å². The van der Waals surface area contributed by atoms with Crippen molar-refractivity contribution in [3.8, 4) is 0 Å². The summed E-state index contributed by atoms with van der Waals surface area (Å²) in [4.78, 5) is 0. The first-order valence-electron chi connectivity index (χ1n) is 3.07. The van der Waals surface area contributed by atoms with Crippen LogP contribution in [0.5, 0.6) is 0 Å². The summed E-state index contributed by atoms with van der Waals surface area (Å²) in [5.41, 5.74) is 0. The summed E-state index contributed by atoms with van der Waals surface area (Å²) in [6, 6.07) is 0. The molecule has 0 radical (unpaired) electrons. The van der Waals surface area contributed by atoms with Crippen molar-refractivity contribution >= 4 is 0 Å². The Morgan fingerprint density at radius 1 is 1.56 bits per heavy atom. The van der Waals surface area contributed by atoms with Crippen LogP contribution in [0, 0.1) is 0 Å². The lowest BCUT2D eigenvalue weighted by molar-refractivity contribution is 0.318. The van der Waals surface area contributed by atoms with Gasteiger partial charge in [0.1, 0.15) is 0 Å². The summed E-state index contributed by atoms with van der Waals surface area (Å²) in [6.07, 6.45) is 8.00. The first-order valence-corrected chi connectivity index (χ1v) is 3.07. The van der Waals surface area contributed by atoms with E-state index in [0.717, 1.165) is 6.54 Å². The molecular formula is C7H13NO. The number of aliphatic hydroxyl groups excluding tert-OH is 1. The Morgan fingerprint density at radius 3 is 2.33 bits per heavy atom. The van der Waals surface area contributed by atoms with Crippen molar-refractivity contribution < 1.29 is 5.11 Å². The van der Waals surface area contributed by atoms with E-state index in [0.29, 0.717) is 0 Å². The monoisotopic (exact) mass is 127 g/mol. The maximum absolute atomic E-state index is 7.57. The van der Waals surface area contributed by atoms with E-state index >= 15 is 0 Å².